The summed E-state index contributed by atoms with van der Waals surface area (Å²) >= 11 is 14.1. The standard InChI is InChI=1S/C11H8Cl2IN3/c12-8-5-9(13)11(17-10(8)15)16-7-3-1-2-6(14)4-7/h1-5H,(H3,15,16,17). The highest BCUT2D eigenvalue weighted by Crippen LogP contribution is 2.29. The van der Waals surface area contributed by atoms with Crippen molar-refractivity contribution in [1.82, 2.24) is 4.98 Å². The zero-order valence-electron chi connectivity index (χ0n) is 8.55. The lowest BCUT2D eigenvalue weighted by Gasteiger charge is -2.09. The Morgan fingerprint density at radius 1 is 1.18 bits per heavy atom. The third kappa shape index (κ3) is 3.14. The van der Waals surface area contributed by atoms with Gasteiger partial charge in [0, 0.05) is 9.26 Å². The molecular formula is C11H8Cl2IN3. The molecule has 1 aromatic heterocycles. The van der Waals surface area contributed by atoms with Crippen molar-refractivity contribution >= 4 is 63.1 Å². The van der Waals surface area contributed by atoms with Crippen LogP contribution >= 0.6 is 45.8 Å². The van der Waals surface area contributed by atoms with E-state index in [9.17, 15) is 0 Å². The van der Waals surface area contributed by atoms with Crippen molar-refractivity contribution < 1.29 is 0 Å². The van der Waals surface area contributed by atoms with Crippen molar-refractivity contribution in [3.05, 3.63) is 43.9 Å². The number of hydrogen-bond donors (Lipinski definition) is 2. The van der Waals surface area contributed by atoms with Gasteiger partial charge in [-0.1, -0.05) is 29.3 Å². The summed E-state index contributed by atoms with van der Waals surface area (Å²) in [6.45, 7) is 0. The van der Waals surface area contributed by atoms with Crippen molar-refractivity contribution in [3.63, 3.8) is 0 Å². The summed E-state index contributed by atoms with van der Waals surface area (Å²) in [4.78, 5) is 4.10. The lowest BCUT2D eigenvalue weighted by atomic mass is 10.3. The summed E-state index contributed by atoms with van der Waals surface area (Å²) in [5, 5.41) is 3.88. The van der Waals surface area contributed by atoms with Gasteiger partial charge in [-0.3, -0.25) is 0 Å². The van der Waals surface area contributed by atoms with Crippen molar-refractivity contribution in [2.45, 2.75) is 0 Å². The number of nitrogen functional groups attached to an aromatic ring is 1. The van der Waals surface area contributed by atoms with E-state index in [0.29, 0.717) is 15.9 Å². The summed E-state index contributed by atoms with van der Waals surface area (Å²) in [5.74, 6) is 0.750. The average Bonchev–Trinajstić information content (AvgIpc) is 2.26. The lowest BCUT2D eigenvalue weighted by Crippen LogP contribution is -1.99. The van der Waals surface area contributed by atoms with Gasteiger partial charge in [0.15, 0.2) is 5.82 Å². The second kappa shape index (κ2) is 5.29. The van der Waals surface area contributed by atoms with Crippen LogP contribution in [0.4, 0.5) is 17.3 Å². The van der Waals surface area contributed by atoms with Crippen LogP contribution in [0, 0.1) is 3.57 Å². The number of nitrogens with one attached hydrogen (secondary N) is 1. The van der Waals surface area contributed by atoms with Gasteiger partial charge in [0.2, 0.25) is 0 Å². The van der Waals surface area contributed by atoms with Gasteiger partial charge in [0.05, 0.1) is 10.0 Å². The van der Waals surface area contributed by atoms with Gasteiger partial charge in [0.25, 0.3) is 0 Å². The predicted octanol–water partition coefficient (Wildman–Crippen LogP) is 4.32. The highest BCUT2D eigenvalue weighted by Gasteiger charge is 2.07. The van der Waals surface area contributed by atoms with Gasteiger partial charge >= 0.3 is 0 Å². The Bertz CT molecular complexity index is 560. The fourth-order valence-corrected chi connectivity index (χ4v) is 2.22. The smallest absolute Gasteiger partial charge is 0.151 e. The molecule has 3 N–H and O–H groups in total. The topological polar surface area (TPSA) is 50.9 Å². The Balaban J connectivity index is 2.33. The van der Waals surface area contributed by atoms with Crippen LogP contribution in [0.2, 0.25) is 10.0 Å². The fraction of sp³-hybridized carbons (Fsp3) is 0. The molecule has 1 aromatic carbocycles. The number of pyridine rings is 1. The van der Waals surface area contributed by atoms with Crippen molar-refractivity contribution in [2.24, 2.45) is 0 Å². The largest absolute Gasteiger partial charge is 0.382 e. The predicted molar refractivity (Wildman–Crippen MR) is 81.1 cm³/mol. The molecule has 0 fully saturated rings. The van der Waals surface area contributed by atoms with Crippen molar-refractivity contribution in [3.8, 4) is 0 Å². The summed E-state index contributed by atoms with van der Waals surface area (Å²) in [6.07, 6.45) is 0. The molecule has 6 heteroatoms. The van der Waals surface area contributed by atoms with E-state index in [1.807, 2.05) is 24.3 Å². The molecule has 1 heterocycles. The maximum Gasteiger partial charge on any atom is 0.151 e. The average molecular weight is 380 g/mol. The summed E-state index contributed by atoms with van der Waals surface area (Å²) in [5.41, 5.74) is 6.53. The van der Waals surface area contributed by atoms with Crippen LogP contribution in [-0.4, -0.2) is 4.98 Å². The molecule has 2 aromatic rings. The SMILES string of the molecule is Nc1nc(Nc2cccc(I)c2)c(Cl)cc1Cl. The maximum atomic E-state index is 6.02. The first kappa shape index (κ1) is 12.7. The first-order valence-electron chi connectivity index (χ1n) is 4.70. The molecular weight excluding hydrogens is 372 g/mol. The molecule has 0 radical (unpaired) electrons. The second-order valence-corrected chi connectivity index (χ2v) is 5.38. The molecule has 2 rings (SSSR count). The summed E-state index contributed by atoms with van der Waals surface area (Å²) in [6, 6.07) is 9.41. The van der Waals surface area contributed by atoms with Crippen LogP contribution in [0.3, 0.4) is 0 Å². The molecule has 17 heavy (non-hydrogen) atoms. The monoisotopic (exact) mass is 379 g/mol. The number of aromatic nitrogens is 1. The van der Waals surface area contributed by atoms with E-state index in [-0.39, 0.29) is 5.82 Å². The molecule has 0 saturated carbocycles. The van der Waals surface area contributed by atoms with E-state index in [1.165, 1.54) is 0 Å². The van der Waals surface area contributed by atoms with Crippen LogP contribution < -0.4 is 11.1 Å². The first-order chi connectivity index (χ1) is 8.06. The third-order valence-corrected chi connectivity index (χ3v) is 3.31. The van der Waals surface area contributed by atoms with E-state index in [0.717, 1.165) is 9.26 Å². The molecule has 0 spiro atoms. The van der Waals surface area contributed by atoms with Gasteiger partial charge in [-0.05, 0) is 46.9 Å². The van der Waals surface area contributed by atoms with E-state index >= 15 is 0 Å². The number of benzene rings is 1. The van der Waals surface area contributed by atoms with E-state index in [1.54, 1.807) is 6.07 Å². The second-order valence-electron chi connectivity index (χ2n) is 3.32. The lowest BCUT2D eigenvalue weighted by molar-refractivity contribution is 1.31. The number of nitrogens with two attached hydrogens (primary N) is 1. The Kier molecular flexibility index (Phi) is 3.96. The van der Waals surface area contributed by atoms with Crippen LogP contribution in [0.1, 0.15) is 0 Å². The van der Waals surface area contributed by atoms with Gasteiger partial charge in [-0.2, -0.15) is 0 Å². The molecule has 0 saturated heterocycles. The Morgan fingerprint density at radius 3 is 2.65 bits per heavy atom. The zero-order chi connectivity index (χ0) is 12.4. The molecule has 0 amide bonds. The normalized spacial score (nSPS) is 10.3. The van der Waals surface area contributed by atoms with Gasteiger partial charge in [0.1, 0.15) is 5.82 Å². The maximum absolute atomic E-state index is 6.02. The number of rotatable bonds is 2. The van der Waals surface area contributed by atoms with E-state index in [2.05, 4.69) is 32.9 Å². The molecule has 3 nitrogen and oxygen atoms in total. The number of halogens is 3. The number of nitrogens with zero attached hydrogens (tertiary/aromatic N) is 1. The quantitative estimate of drug-likeness (QED) is 0.764. The van der Waals surface area contributed by atoms with Gasteiger partial charge < -0.3 is 11.1 Å². The molecule has 88 valence electrons. The molecule has 0 aliphatic rings. The highest BCUT2D eigenvalue weighted by atomic mass is 127. The van der Waals surface area contributed by atoms with Crippen LogP contribution in [-0.2, 0) is 0 Å². The number of hydrogen-bond acceptors (Lipinski definition) is 3. The van der Waals surface area contributed by atoms with E-state index < -0.39 is 0 Å². The van der Waals surface area contributed by atoms with Gasteiger partial charge in [-0.25, -0.2) is 4.98 Å². The molecule has 0 aliphatic heterocycles. The van der Waals surface area contributed by atoms with Crippen molar-refractivity contribution in [2.75, 3.05) is 11.1 Å². The molecule has 0 unspecified atom stereocenters. The van der Waals surface area contributed by atoms with Crippen LogP contribution in [0.15, 0.2) is 30.3 Å². The first-order valence-corrected chi connectivity index (χ1v) is 6.54. The summed E-state index contributed by atoms with van der Waals surface area (Å²) < 4.78 is 1.12. The third-order valence-electron chi connectivity index (χ3n) is 2.04. The van der Waals surface area contributed by atoms with Crippen LogP contribution in [0.25, 0.3) is 0 Å². The molecule has 0 bridgehead atoms. The highest BCUT2D eigenvalue weighted by molar-refractivity contribution is 14.1. The van der Waals surface area contributed by atoms with E-state index in [4.69, 9.17) is 28.9 Å². The van der Waals surface area contributed by atoms with Crippen LogP contribution in [0.5, 0.6) is 0 Å². The minimum absolute atomic E-state index is 0.254. The molecule has 0 atom stereocenters. The minimum Gasteiger partial charge on any atom is -0.382 e. The van der Waals surface area contributed by atoms with Crippen molar-refractivity contribution in [1.29, 1.82) is 0 Å². The number of anilines is 3. The fourth-order valence-electron chi connectivity index (χ4n) is 1.27. The minimum atomic E-state index is 0.254. The zero-order valence-corrected chi connectivity index (χ0v) is 12.2. The van der Waals surface area contributed by atoms with Gasteiger partial charge in [-0.15, -0.1) is 0 Å². The Labute approximate surface area is 122 Å². The molecule has 0 aliphatic carbocycles. The summed E-state index contributed by atoms with van der Waals surface area (Å²) in [7, 11) is 0. The Hall–Kier alpha value is -0.720. The Morgan fingerprint density at radius 2 is 1.94 bits per heavy atom.